The van der Waals surface area contributed by atoms with Crippen molar-refractivity contribution in [3.63, 3.8) is 0 Å². The number of hydrogen-bond donors (Lipinski definition) is 1. The van der Waals surface area contributed by atoms with Crippen molar-refractivity contribution in [2.24, 2.45) is 12.8 Å². The van der Waals surface area contributed by atoms with Gasteiger partial charge in [-0.1, -0.05) is 0 Å². The lowest BCUT2D eigenvalue weighted by Gasteiger charge is -2.19. The van der Waals surface area contributed by atoms with Crippen molar-refractivity contribution in [2.75, 3.05) is 11.9 Å². The smallest absolute Gasteiger partial charge is 0.131 e. The fourth-order valence-electron chi connectivity index (χ4n) is 2.04. The number of pyridine rings is 1. The summed E-state index contributed by atoms with van der Waals surface area (Å²) in [5.41, 5.74) is 8.98. The van der Waals surface area contributed by atoms with Gasteiger partial charge in [0.15, 0.2) is 0 Å². The van der Waals surface area contributed by atoms with Gasteiger partial charge in [0, 0.05) is 45.1 Å². The molecule has 0 aliphatic rings. The molecule has 0 amide bonds. The summed E-state index contributed by atoms with van der Waals surface area (Å²) in [6, 6.07) is 2.09. The minimum Gasteiger partial charge on any atom is -0.355 e. The molecular weight excluding hydrogens is 226 g/mol. The Kier molecular flexibility index (Phi) is 3.62. The maximum absolute atomic E-state index is 5.61. The van der Waals surface area contributed by atoms with Crippen molar-refractivity contribution in [3.05, 3.63) is 41.3 Å². The second kappa shape index (κ2) is 5.18. The molecule has 0 radical (unpaired) electrons. The minimum absolute atomic E-state index is 0.528. The van der Waals surface area contributed by atoms with E-state index < -0.39 is 0 Å². The molecule has 96 valence electrons. The predicted octanol–water partition coefficient (Wildman–Crippen LogP) is 1.22. The SMILES string of the molecule is Cc1cc(CN)cnc1N(C)Cc1cnn(C)c1. The summed E-state index contributed by atoms with van der Waals surface area (Å²) in [4.78, 5) is 6.59. The van der Waals surface area contributed by atoms with Crippen LogP contribution in [0.5, 0.6) is 0 Å². The molecule has 2 aromatic heterocycles. The maximum atomic E-state index is 5.61. The summed E-state index contributed by atoms with van der Waals surface area (Å²) < 4.78 is 1.81. The fourth-order valence-corrected chi connectivity index (χ4v) is 2.04. The molecule has 0 saturated carbocycles. The second-order valence-corrected chi connectivity index (χ2v) is 4.57. The Balaban J connectivity index is 2.15. The van der Waals surface area contributed by atoms with E-state index in [4.69, 9.17) is 5.73 Å². The van der Waals surface area contributed by atoms with Gasteiger partial charge in [-0.05, 0) is 24.1 Å². The monoisotopic (exact) mass is 245 g/mol. The van der Waals surface area contributed by atoms with Crippen LogP contribution < -0.4 is 10.6 Å². The summed E-state index contributed by atoms with van der Waals surface area (Å²) in [5.74, 6) is 0.982. The molecule has 2 aromatic rings. The van der Waals surface area contributed by atoms with Gasteiger partial charge in [0.25, 0.3) is 0 Å². The molecule has 0 spiro atoms. The number of nitrogens with two attached hydrogens (primary N) is 1. The van der Waals surface area contributed by atoms with Crippen LogP contribution >= 0.6 is 0 Å². The summed E-state index contributed by atoms with van der Waals surface area (Å²) in [6.45, 7) is 3.38. The molecule has 0 aliphatic carbocycles. The highest BCUT2D eigenvalue weighted by atomic mass is 15.2. The zero-order valence-corrected chi connectivity index (χ0v) is 11.1. The van der Waals surface area contributed by atoms with Crippen LogP contribution in [0, 0.1) is 6.92 Å². The van der Waals surface area contributed by atoms with Gasteiger partial charge in [-0.15, -0.1) is 0 Å². The predicted molar refractivity (Wildman–Crippen MR) is 72.2 cm³/mol. The second-order valence-electron chi connectivity index (χ2n) is 4.57. The van der Waals surface area contributed by atoms with E-state index in [1.54, 1.807) is 4.68 Å². The van der Waals surface area contributed by atoms with E-state index in [1.165, 1.54) is 5.56 Å². The van der Waals surface area contributed by atoms with Gasteiger partial charge >= 0.3 is 0 Å². The van der Waals surface area contributed by atoms with Crippen molar-refractivity contribution in [2.45, 2.75) is 20.0 Å². The third-order valence-corrected chi connectivity index (χ3v) is 2.88. The minimum atomic E-state index is 0.528. The highest BCUT2D eigenvalue weighted by Gasteiger charge is 2.08. The molecule has 0 saturated heterocycles. The highest BCUT2D eigenvalue weighted by molar-refractivity contribution is 5.47. The lowest BCUT2D eigenvalue weighted by atomic mass is 10.2. The molecule has 5 nitrogen and oxygen atoms in total. The van der Waals surface area contributed by atoms with E-state index in [0.717, 1.165) is 23.5 Å². The average molecular weight is 245 g/mol. The first-order valence-corrected chi connectivity index (χ1v) is 5.94. The maximum Gasteiger partial charge on any atom is 0.131 e. The Labute approximate surface area is 107 Å². The van der Waals surface area contributed by atoms with E-state index in [1.807, 2.05) is 32.7 Å². The lowest BCUT2D eigenvalue weighted by Crippen LogP contribution is -2.18. The van der Waals surface area contributed by atoms with Crippen molar-refractivity contribution < 1.29 is 0 Å². The van der Waals surface area contributed by atoms with Gasteiger partial charge in [0.2, 0.25) is 0 Å². The molecule has 0 fully saturated rings. The first-order chi connectivity index (χ1) is 8.60. The van der Waals surface area contributed by atoms with Gasteiger partial charge in [0.05, 0.1) is 6.20 Å². The zero-order chi connectivity index (χ0) is 13.1. The van der Waals surface area contributed by atoms with Crippen molar-refractivity contribution in [3.8, 4) is 0 Å². The molecule has 18 heavy (non-hydrogen) atoms. The number of nitrogens with zero attached hydrogens (tertiary/aromatic N) is 4. The Morgan fingerprint density at radius 3 is 2.67 bits per heavy atom. The third-order valence-electron chi connectivity index (χ3n) is 2.88. The molecule has 2 rings (SSSR count). The first kappa shape index (κ1) is 12.6. The van der Waals surface area contributed by atoms with Crippen molar-refractivity contribution >= 4 is 5.82 Å². The lowest BCUT2D eigenvalue weighted by molar-refractivity contribution is 0.766. The topological polar surface area (TPSA) is 60.0 Å². The zero-order valence-electron chi connectivity index (χ0n) is 11.1. The van der Waals surface area contributed by atoms with Crippen LogP contribution in [0.3, 0.4) is 0 Å². The average Bonchev–Trinajstić information content (AvgIpc) is 2.74. The normalized spacial score (nSPS) is 10.7. The molecule has 0 bridgehead atoms. The number of rotatable bonds is 4. The quantitative estimate of drug-likeness (QED) is 0.880. The Hall–Kier alpha value is -1.88. The number of aryl methyl sites for hydroxylation is 2. The number of anilines is 1. The molecule has 0 atom stereocenters. The molecule has 0 unspecified atom stereocenters. The molecule has 2 heterocycles. The number of aromatic nitrogens is 3. The van der Waals surface area contributed by atoms with E-state index in [9.17, 15) is 0 Å². The van der Waals surface area contributed by atoms with E-state index in [-0.39, 0.29) is 0 Å². The van der Waals surface area contributed by atoms with E-state index in [2.05, 4.69) is 28.0 Å². The largest absolute Gasteiger partial charge is 0.355 e. The molecular formula is C13H19N5. The van der Waals surface area contributed by atoms with Crippen LogP contribution in [-0.4, -0.2) is 21.8 Å². The van der Waals surface area contributed by atoms with Gasteiger partial charge in [-0.25, -0.2) is 4.98 Å². The summed E-state index contributed by atoms with van der Waals surface area (Å²) in [5, 5.41) is 4.17. The molecule has 5 heteroatoms. The van der Waals surface area contributed by atoms with Gasteiger partial charge in [-0.2, -0.15) is 5.10 Å². The summed E-state index contributed by atoms with van der Waals surface area (Å²) in [7, 11) is 3.95. The van der Waals surface area contributed by atoms with Gasteiger partial charge in [-0.3, -0.25) is 4.68 Å². The van der Waals surface area contributed by atoms with Crippen LogP contribution in [0.2, 0.25) is 0 Å². The van der Waals surface area contributed by atoms with E-state index in [0.29, 0.717) is 6.54 Å². The number of hydrogen-bond acceptors (Lipinski definition) is 4. The fraction of sp³-hybridized carbons (Fsp3) is 0.385. The Morgan fingerprint density at radius 2 is 2.11 bits per heavy atom. The third kappa shape index (κ3) is 2.68. The first-order valence-electron chi connectivity index (χ1n) is 5.94. The van der Waals surface area contributed by atoms with Crippen molar-refractivity contribution in [1.82, 2.24) is 14.8 Å². The van der Waals surface area contributed by atoms with Crippen LogP contribution in [-0.2, 0) is 20.1 Å². The Morgan fingerprint density at radius 1 is 1.33 bits per heavy atom. The molecule has 0 aromatic carbocycles. The molecule has 2 N–H and O–H groups in total. The Bertz CT molecular complexity index is 532. The highest BCUT2D eigenvalue weighted by Crippen LogP contribution is 2.18. The van der Waals surface area contributed by atoms with E-state index >= 15 is 0 Å². The van der Waals surface area contributed by atoms with Crippen LogP contribution in [0.1, 0.15) is 16.7 Å². The summed E-state index contributed by atoms with van der Waals surface area (Å²) >= 11 is 0. The van der Waals surface area contributed by atoms with Crippen LogP contribution in [0.4, 0.5) is 5.82 Å². The summed E-state index contributed by atoms with van der Waals surface area (Å²) in [6.07, 6.45) is 5.72. The van der Waals surface area contributed by atoms with Crippen molar-refractivity contribution in [1.29, 1.82) is 0 Å². The van der Waals surface area contributed by atoms with Crippen LogP contribution in [0.25, 0.3) is 0 Å². The molecule has 0 aliphatic heterocycles. The van der Waals surface area contributed by atoms with Gasteiger partial charge < -0.3 is 10.6 Å². The van der Waals surface area contributed by atoms with Gasteiger partial charge in [0.1, 0.15) is 5.82 Å². The van der Waals surface area contributed by atoms with Crippen LogP contribution in [0.15, 0.2) is 24.7 Å². The standard InChI is InChI=1S/C13H19N5/c1-10-4-11(5-14)6-15-13(10)17(2)8-12-7-16-18(3)9-12/h4,6-7,9H,5,8,14H2,1-3H3.